The third-order valence-electron chi connectivity index (χ3n) is 3.75. The largest absolute Gasteiger partial charge is 0.310 e. The van der Waals surface area contributed by atoms with Crippen molar-refractivity contribution < 1.29 is 8.42 Å². The number of piperidine rings is 1. The summed E-state index contributed by atoms with van der Waals surface area (Å²) in [5.74, 6) is 0.720. The zero-order valence-electron chi connectivity index (χ0n) is 13.8. The van der Waals surface area contributed by atoms with Gasteiger partial charge >= 0.3 is 0 Å². The van der Waals surface area contributed by atoms with Crippen molar-refractivity contribution in [3.63, 3.8) is 0 Å². The van der Waals surface area contributed by atoms with Gasteiger partial charge in [-0.25, -0.2) is 8.42 Å². The standard InChI is InChI=1S/C15H32N2O2S/c1-13(2)9-11-20(18,19)17-10-7-6-8-14(17)12-16-15(3,4)5/h13-14,16H,6-12H2,1-5H3. The molecule has 4 nitrogen and oxygen atoms in total. The topological polar surface area (TPSA) is 49.4 Å². The zero-order chi connectivity index (χ0) is 15.4. The zero-order valence-corrected chi connectivity index (χ0v) is 14.6. The Labute approximate surface area is 125 Å². The smallest absolute Gasteiger partial charge is 0.214 e. The Bertz CT molecular complexity index is 385. The van der Waals surface area contributed by atoms with E-state index < -0.39 is 10.0 Å². The molecule has 1 heterocycles. The maximum atomic E-state index is 12.5. The molecule has 0 aromatic rings. The Morgan fingerprint density at radius 1 is 1.25 bits per heavy atom. The molecule has 1 aliphatic heterocycles. The Kier molecular flexibility index (Phi) is 6.48. The van der Waals surface area contributed by atoms with Crippen molar-refractivity contribution in [2.75, 3.05) is 18.8 Å². The molecule has 0 aromatic carbocycles. The lowest BCUT2D eigenvalue weighted by Crippen LogP contribution is -2.52. The lowest BCUT2D eigenvalue weighted by molar-refractivity contribution is 0.230. The van der Waals surface area contributed by atoms with Gasteiger partial charge in [-0.1, -0.05) is 20.3 Å². The van der Waals surface area contributed by atoms with E-state index in [0.29, 0.717) is 12.5 Å². The van der Waals surface area contributed by atoms with E-state index in [0.717, 1.165) is 32.2 Å². The molecule has 0 aromatic heterocycles. The summed E-state index contributed by atoms with van der Waals surface area (Å²) in [6.45, 7) is 11.9. The van der Waals surface area contributed by atoms with Crippen LogP contribution in [-0.4, -0.2) is 43.1 Å². The van der Waals surface area contributed by atoms with Crippen LogP contribution >= 0.6 is 0 Å². The molecular formula is C15H32N2O2S. The molecule has 120 valence electrons. The van der Waals surface area contributed by atoms with Gasteiger partial charge in [-0.05, 0) is 46.0 Å². The third-order valence-corrected chi connectivity index (χ3v) is 5.70. The first kappa shape index (κ1) is 17.9. The van der Waals surface area contributed by atoms with Gasteiger partial charge in [-0.3, -0.25) is 0 Å². The van der Waals surface area contributed by atoms with Crippen LogP contribution in [0, 0.1) is 5.92 Å². The summed E-state index contributed by atoms with van der Waals surface area (Å²) in [6.07, 6.45) is 3.85. The minimum Gasteiger partial charge on any atom is -0.310 e. The Morgan fingerprint density at radius 2 is 1.90 bits per heavy atom. The van der Waals surface area contributed by atoms with E-state index in [9.17, 15) is 8.42 Å². The molecular weight excluding hydrogens is 272 g/mol. The maximum absolute atomic E-state index is 12.5. The second-order valence-corrected chi connectivity index (χ2v) is 9.43. The summed E-state index contributed by atoms with van der Waals surface area (Å²) in [7, 11) is -3.10. The van der Waals surface area contributed by atoms with E-state index >= 15 is 0 Å². The molecule has 1 saturated heterocycles. The Morgan fingerprint density at radius 3 is 2.45 bits per heavy atom. The van der Waals surface area contributed by atoms with Gasteiger partial charge in [-0.15, -0.1) is 0 Å². The molecule has 0 radical (unpaired) electrons. The fraction of sp³-hybridized carbons (Fsp3) is 1.00. The molecule has 1 rings (SSSR count). The van der Waals surface area contributed by atoms with Gasteiger partial charge in [0.15, 0.2) is 0 Å². The van der Waals surface area contributed by atoms with E-state index in [4.69, 9.17) is 0 Å². The first-order chi connectivity index (χ1) is 9.12. The summed E-state index contributed by atoms with van der Waals surface area (Å²) in [5.41, 5.74) is 0.0326. The minimum atomic E-state index is -3.10. The monoisotopic (exact) mass is 304 g/mol. The predicted octanol–water partition coefficient (Wildman–Crippen LogP) is 2.60. The average molecular weight is 305 g/mol. The highest BCUT2D eigenvalue weighted by molar-refractivity contribution is 7.89. The summed E-state index contributed by atoms with van der Waals surface area (Å²) in [5, 5.41) is 3.45. The van der Waals surface area contributed by atoms with Crippen molar-refractivity contribution in [3.05, 3.63) is 0 Å². The number of hydrogen-bond donors (Lipinski definition) is 1. The molecule has 20 heavy (non-hydrogen) atoms. The molecule has 5 heteroatoms. The Hall–Kier alpha value is -0.130. The van der Waals surface area contributed by atoms with Crippen molar-refractivity contribution >= 4 is 10.0 Å². The molecule has 1 atom stereocenters. The van der Waals surface area contributed by atoms with Crippen molar-refractivity contribution in [1.82, 2.24) is 9.62 Å². The molecule has 1 fully saturated rings. The minimum absolute atomic E-state index is 0.0326. The highest BCUT2D eigenvalue weighted by atomic mass is 32.2. The molecule has 0 saturated carbocycles. The molecule has 1 unspecified atom stereocenters. The predicted molar refractivity (Wildman–Crippen MR) is 85.3 cm³/mol. The number of hydrogen-bond acceptors (Lipinski definition) is 3. The lowest BCUT2D eigenvalue weighted by Gasteiger charge is -2.36. The van der Waals surface area contributed by atoms with Crippen molar-refractivity contribution in [2.24, 2.45) is 5.92 Å². The molecule has 0 aliphatic carbocycles. The summed E-state index contributed by atoms with van der Waals surface area (Å²) in [6, 6.07) is 0.125. The van der Waals surface area contributed by atoms with Crippen molar-refractivity contribution in [3.8, 4) is 0 Å². The highest BCUT2D eigenvalue weighted by Gasteiger charge is 2.32. The van der Waals surface area contributed by atoms with Crippen LogP contribution in [-0.2, 0) is 10.0 Å². The molecule has 0 spiro atoms. The van der Waals surface area contributed by atoms with Crippen LogP contribution in [0.3, 0.4) is 0 Å². The Balaban J connectivity index is 2.67. The van der Waals surface area contributed by atoms with Crippen molar-refractivity contribution in [2.45, 2.75) is 71.9 Å². The van der Waals surface area contributed by atoms with E-state index in [1.54, 1.807) is 4.31 Å². The van der Waals surface area contributed by atoms with Crippen LogP contribution in [0.25, 0.3) is 0 Å². The first-order valence-corrected chi connectivity index (χ1v) is 9.47. The highest BCUT2D eigenvalue weighted by Crippen LogP contribution is 2.22. The second-order valence-electron chi connectivity index (χ2n) is 7.39. The number of sulfonamides is 1. The van der Waals surface area contributed by atoms with Crippen LogP contribution in [0.5, 0.6) is 0 Å². The molecule has 0 bridgehead atoms. The van der Waals surface area contributed by atoms with E-state index in [1.807, 2.05) is 0 Å². The van der Waals surface area contributed by atoms with E-state index in [1.165, 1.54) is 0 Å². The van der Waals surface area contributed by atoms with Gasteiger partial charge in [-0.2, -0.15) is 4.31 Å². The van der Waals surface area contributed by atoms with Crippen LogP contribution < -0.4 is 5.32 Å². The van der Waals surface area contributed by atoms with Gasteiger partial charge in [0.25, 0.3) is 0 Å². The number of rotatable bonds is 6. The van der Waals surface area contributed by atoms with Gasteiger partial charge < -0.3 is 5.32 Å². The number of nitrogens with zero attached hydrogens (tertiary/aromatic N) is 1. The second kappa shape index (κ2) is 7.23. The summed E-state index contributed by atoms with van der Waals surface area (Å²) < 4.78 is 26.8. The quantitative estimate of drug-likeness (QED) is 0.820. The fourth-order valence-electron chi connectivity index (χ4n) is 2.47. The maximum Gasteiger partial charge on any atom is 0.214 e. The van der Waals surface area contributed by atoms with Crippen LogP contribution in [0.15, 0.2) is 0 Å². The molecule has 1 aliphatic rings. The van der Waals surface area contributed by atoms with Gasteiger partial charge in [0.05, 0.1) is 5.75 Å². The SMILES string of the molecule is CC(C)CCS(=O)(=O)N1CCCCC1CNC(C)(C)C. The number of nitrogens with one attached hydrogen (secondary N) is 1. The van der Waals surface area contributed by atoms with Gasteiger partial charge in [0.1, 0.15) is 0 Å². The van der Waals surface area contributed by atoms with Gasteiger partial charge in [0.2, 0.25) is 10.0 Å². The fourth-order valence-corrected chi connectivity index (χ4v) is 4.52. The average Bonchev–Trinajstić information content (AvgIpc) is 2.33. The summed E-state index contributed by atoms with van der Waals surface area (Å²) >= 11 is 0. The van der Waals surface area contributed by atoms with Gasteiger partial charge in [0, 0.05) is 24.7 Å². The first-order valence-electron chi connectivity index (χ1n) is 7.86. The normalized spacial score (nSPS) is 22.4. The van der Waals surface area contributed by atoms with E-state index in [2.05, 4.69) is 39.9 Å². The molecule has 0 amide bonds. The summed E-state index contributed by atoms with van der Waals surface area (Å²) in [4.78, 5) is 0. The van der Waals surface area contributed by atoms with Crippen LogP contribution in [0.1, 0.15) is 60.3 Å². The lowest BCUT2D eigenvalue weighted by atomic mass is 10.0. The van der Waals surface area contributed by atoms with Crippen molar-refractivity contribution in [1.29, 1.82) is 0 Å². The van der Waals surface area contributed by atoms with E-state index in [-0.39, 0.29) is 17.3 Å². The van der Waals surface area contributed by atoms with Crippen LogP contribution in [0.2, 0.25) is 0 Å². The molecule has 1 N–H and O–H groups in total. The third kappa shape index (κ3) is 6.10. The van der Waals surface area contributed by atoms with Crippen LogP contribution in [0.4, 0.5) is 0 Å².